The molecular formula is C18H14FNO. The fourth-order valence-corrected chi connectivity index (χ4v) is 2.16. The lowest BCUT2D eigenvalue weighted by Crippen LogP contribution is -1.89. The quantitative estimate of drug-likeness (QED) is 0.701. The molecule has 0 aliphatic rings. The van der Waals surface area contributed by atoms with Gasteiger partial charge in [0, 0.05) is 11.1 Å². The van der Waals surface area contributed by atoms with Gasteiger partial charge in [-0.1, -0.05) is 18.2 Å². The minimum atomic E-state index is -0.247. The molecule has 0 bridgehead atoms. The Bertz CT molecular complexity index is 753. The van der Waals surface area contributed by atoms with Gasteiger partial charge in [-0.05, 0) is 48.5 Å². The fourth-order valence-electron chi connectivity index (χ4n) is 2.16. The summed E-state index contributed by atoms with van der Waals surface area (Å²) < 4.78 is 18.2. The van der Waals surface area contributed by atoms with Crippen LogP contribution in [-0.4, -0.2) is 12.1 Å². The summed E-state index contributed by atoms with van der Waals surface area (Å²) in [6.07, 6.45) is 0. The van der Waals surface area contributed by atoms with Crippen LogP contribution in [0.2, 0.25) is 0 Å². The van der Waals surface area contributed by atoms with Gasteiger partial charge < -0.3 is 4.74 Å². The van der Waals surface area contributed by atoms with Gasteiger partial charge in [-0.2, -0.15) is 0 Å². The predicted molar refractivity (Wildman–Crippen MR) is 81.6 cm³/mol. The van der Waals surface area contributed by atoms with Gasteiger partial charge in [0.1, 0.15) is 11.6 Å². The number of aromatic nitrogens is 1. The second-order valence-electron chi connectivity index (χ2n) is 4.65. The number of hydrogen-bond acceptors (Lipinski definition) is 2. The SMILES string of the molecule is COc1cccc(-c2cccc(-c3ccc(F)cc3)n2)c1. The van der Waals surface area contributed by atoms with Crippen LogP contribution in [0.4, 0.5) is 4.39 Å². The molecule has 0 saturated heterocycles. The Morgan fingerprint density at radius 3 is 2.19 bits per heavy atom. The van der Waals surface area contributed by atoms with E-state index in [2.05, 4.69) is 4.98 Å². The summed E-state index contributed by atoms with van der Waals surface area (Å²) in [7, 11) is 1.64. The van der Waals surface area contributed by atoms with Crippen molar-refractivity contribution in [2.24, 2.45) is 0 Å². The molecule has 0 saturated carbocycles. The molecule has 0 amide bonds. The predicted octanol–water partition coefficient (Wildman–Crippen LogP) is 4.56. The van der Waals surface area contributed by atoms with Crippen LogP contribution in [0.15, 0.2) is 66.7 Å². The normalized spacial score (nSPS) is 10.4. The summed E-state index contributed by atoms with van der Waals surface area (Å²) in [5.41, 5.74) is 3.55. The molecule has 1 aromatic heterocycles. The van der Waals surface area contributed by atoms with Crippen molar-refractivity contribution in [1.82, 2.24) is 4.98 Å². The van der Waals surface area contributed by atoms with E-state index in [0.717, 1.165) is 28.3 Å². The third-order valence-electron chi connectivity index (χ3n) is 3.25. The summed E-state index contributed by atoms with van der Waals surface area (Å²) in [6.45, 7) is 0. The van der Waals surface area contributed by atoms with E-state index in [9.17, 15) is 4.39 Å². The van der Waals surface area contributed by atoms with Crippen molar-refractivity contribution >= 4 is 0 Å². The first-order valence-electron chi connectivity index (χ1n) is 6.64. The minimum absolute atomic E-state index is 0.247. The Morgan fingerprint density at radius 1 is 0.810 bits per heavy atom. The van der Waals surface area contributed by atoms with Gasteiger partial charge in [0.25, 0.3) is 0 Å². The zero-order chi connectivity index (χ0) is 14.7. The number of hydrogen-bond donors (Lipinski definition) is 0. The third kappa shape index (κ3) is 2.92. The number of pyridine rings is 1. The Hall–Kier alpha value is -2.68. The van der Waals surface area contributed by atoms with Crippen molar-refractivity contribution in [3.63, 3.8) is 0 Å². The van der Waals surface area contributed by atoms with Crippen LogP contribution in [-0.2, 0) is 0 Å². The lowest BCUT2D eigenvalue weighted by molar-refractivity contribution is 0.415. The first-order valence-corrected chi connectivity index (χ1v) is 6.64. The highest BCUT2D eigenvalue weighted by Gasteiger charge is 2.04. The molecule has 0 unspecified atom stereocenters. The molecule has 0 aliphatic carbocycles. The molecule has 3 aromatic rings. The van der Waals surface area contributed by atoms with Crippen molar-refractivity contribution in [2.45, 2.75) is 0 Å². The monoisotopic (exact) mass is 279 g/mol. The molecule has 0 N–H and O–H groups in total. The highest BCUT2D eigenvalue weighted by Crippen LogP contribution is 2.25. The maximum absolute atomic E-state index is 13.0. The van der Waals surface area contributed by atoms with E-state index in [-0.39, 0.29) is 5.82 Å². The number of nitrogens with zero attached hydrogens (tertiary/aromatic N) is 1. The second-order valence-corrected chi connectivity index (χ2v) is 4.65. The van der Waals surface area contributed by atoms with E-state index in [4.69, 9.17) is 4.74 Å². The number of methoxy groups -OCH3 is 1. The van der Waals surface area contributed by atoms with Gasteiger partial charge >= 0.3 is 0 Å². The van der Waals surface area contributed by atoms with Gasteiger partial charge in [0.15, 0.2) is 0 Å². The van der Waals surface area contributed by atoms with Gasteiger partial charge in [-0.3, -0.25) is 0 Å². The highest BCUT2D eigenvalue weighted by atomic mass is 19.1. The molecule has 3 rings (SSSR count). The number of benzene rings is 2. The molecule has 104 valence electrons. The Balaban J connectivity index is 2.01. The second kappa shape index (κ2) is 5.75. The maximum atomic E-state index is 13.0. The van der Waals surface area contributed by atoms with E-state index < -0.39 is 0 Å². The topological polar surface area (TPSA) is 22.1 Å². The average molecular weight is 279 g/mol. The maximum Gasteiger partial charge on any atom is 0.123 e. The standard InChI is InChI=1S/C18H14FNO/c1-21-16-5-2-4-14(12-16)18-7-3-6-17(20-18)13-8-10-15(19)11-9-13/h2-12H,1H3. The van der Waals surface area contributed by atoms with Crippen molar-refractivity contribution in [1.29, 1.82) is 0 Å². The molecule has 1 heterocycles. The van der Waals surface area contributed by atoms with Gasteiger partial charge in [0.2, 0.25) is 0 Å². The van der Waals surface area contributed by atoms with E-state index in [1.807, 2.05) is 42.5 Å². The van der Waals surface area contributed by atoms with Crippen LogP contribution >= 0.6 is 0 Å². The van der Waals surface area contributed by atoms with Crippen LogP contribution < -0.4 is 4.74 Å². The molecule has 0 atom stereocenters. The van der Waals surface area contributed by atoms with Crippen LogP contribution in [0, 0.1) is 5.82 Å². The third-order valence-corrected chi connectivity index (χ3v) is 3.25. The van der Waals surface area contributed by atoms with E-state index in [1.165, 1.54) is 12.1 Å². The lowest BCUT2D eigenvalue weighted by Gasteiger charge is -2.06. The molecule has 0 fully saturated rings. The van der Waals surface area contributed by atoms with Crippen LogP contribution in [0.3, 0.4) is 0 Å². The zero-order valence-electron chi connectivity index (χ0n) is 11.6. The molecule has 2 nitrogen and oxygen atoms in total. The van der Waals surface area contributed by atoms with Crippen LogP contribution in [0.25, 0.3) is 22.5 Å². The average Bonchev–Trinajstić information content (AvgIpc) is 2.56. The summed E-state index contributed by atoms with van der Waals surface area (Å²) in [5.74, 6) is 0.546. The zero-order valence-corrected chi connectivity index (χ0v) is 11.6. The first-order chi connectivity index (χ1) is 10.3. The number of rotatable bonds is 3. The smallest absolute Gasteiger partial charge is 0.123 e. The van der Waals surface area contributed by atoms with Gasteiger partial charge in [-0.25, -0.2) is 9.37 Å². The van der Waals surface area contributed by atoms with Crippen molar-refractivity contribution in [2.75, 3.05) is 7.11 Å². The molecule has 0 radical (unpaired) electrons. The largest absolute Gasteiger partial charge is 0.497 e. The lowest BCUT2D eigenvalue weighted by atomic mass is 10.1. The molecule has 21 heavy (non-hydrogen) atoms. The summed E-state index contributed by atoms with van der Waals surface area (Å²) in [5, 5.41) is 0. The molecular weight excluding hydrogens is 265 g/mol. The molecule has 3 heteroatoms. The minimum Gasteiger partial charge on any atom is -0.497 e. The van der Waals surface area contributed by atoms with Crippen molar-refractivity contribution < 1.29 is 9.13 Å². The van der Waals surface area contributed by atoms with Gasteiger partial charge in [0.05, 0.1) is 18.5 Å². The Kier molecular flexibility index (Phi) is 3.65. The van der Waals surface area contributed by atoms with E-state index in [0.29, 0.717) is 0 Å². The van der Waals surface area contributed by atoms with Crippen molar-refractivity contribution in [3.05, 3.63) is 72.5 Å². The van der Waals surface area contributed by atoms with E-state index >= 15 is 0 Å². The Morgan fingerprint density at radius 2 is 1.48 bits per heavy atom. The summed E-state index contributed by atoms with van der Waals surface area (Å²) in [4.78, 5) is 4.64. The van der Waals surface area contributed by atoms with Crippen LogP contribution in [0.1, 0.15) is 0 Å². The number of ether oxygens (including phenoxy) is 1. The van der Waals surface area contributed by atoms with Gasteiger partial charge in [-0.15, -0.1) is 0 Å². The van der Waals surface area contributed by atoms with Crippen molar-refractivity contribution in [3.8, 4) is 28.3 Å². The highest BCUT2D eigenvalue weighted by molar-refractivity contribution is 5.66. The Labute approximate surface area is 122 Å². The number of halogens is 1. The summed E-state index contributed by atoms with van der Waals surface area (Å²) in [6, 6.07) is 19.9. The van der Waals surface area contributed by atoms with E-state index in [1.54, 1.807) is 19.2 Å². The molecule has 2 aromatic carbocycles. The van der Waals surface area contributed by atoms with Crippen LogP contribution in [0.5, 0.6) is 5.75 Å². The molecule has 0 aliphatic heterocycles. The fraction of sp³-hybridized carbons (Fsp3) is 0.0556. The first kappa shape index (κ1) is 13.3. The molecule has 0 spiro atoms. The summed E-state index contributed by atoms with van der Waals surface area (Å²) >= 11 is 0.